The molecule has 0 saturated carbocycles. The van der Waals surface area contributed by atoms with Gasteiger partial charge in [0.25, 0.3) is 0 Å². The van der Waals surface area contributed by atoms with E-state index in [1.807, 2.05) is 6.26 Å². The summed E-state index contributed by atoms with van der Waals surface area (Å²) in [6.07, 6.45) is 1.95. The Morgan fingerprint density at radius 3 is 2.29 bits per heavy atom. The number of hydrogen-bond donors (Lipinski definition) is 0. The van der Waals surface area contributed by atoms with Crippen LogP contribution in [0.4, 0.5) is 0 Å². The first-order valence-electron chi connectivity index (χ1n) is 6.11. The molecular weight excluding hydrogens is 252 g/mol. The summed E-state index contributed by atoms with van der Waals surface area (Å²) < 4.78 is 6.08. The van der Waals surface area contributed by atoms with Crippen LogP contribution in [0.15, 0.2) is 0 Å². The van der Waals surface area contributed by atoms with Crippen LogP contribution < -0.4 is 0 Å². The molecule has 0 amide bonds. The molecule has 0 bridgehead atoms. The molecular formula is C12H24N2OS2. The standard InChI is InChI=1S/C12H24N2OS2/c1-12(2,3)14-7-5-13(6-8-14)9-10-15-11(16)17-4/h5-10H2,1-4H3. The van der Waals surface area contributed by atoms with Crippen LogP contribution in [0.5, 0.6) is 0 Å². The Balaban J connectivity index is 2.17. The summed E-state index contributed by atoms with van der Waals surface area (Å²) in [7, 11) is 0. The number of hydrogen-bond acceptors (Lipinski definition) is 5. The lowest BCUT2D eigenvalue weighted by Gasteiger charge is -2.42. The highest BCUT2D eigenvalue weighted by atomic mass is 32.2. The molecule has 17 heavy (non-hydrogen) atoms. The number of thioether (sulfide) groups is 1. The second-order valence-corrected chi connectivity index (χ2v) is 6.71. The van der Waals surface area contributed by atoms with Gasteiger partial charge in [-0.25, -0.2) is 0 Å². The average molecular weight is 276 g/mol. The van der Waals surface area contributed by atoms with E-state index >= 15 is 0 Å². The smallest absolute Gasteiger partial charge is 0.219 e. The number of nitrogens with zero attached hydrogens (tertiary/aromatic N) is 2. The van der Waals surface area contributed by atoms with Crippen molar-refractivity contribution in [3.63, 3.8) is 0 Å². The van der Waals surface area contributed by atoms with E-state index in [4.69, 9.17) is 17.0 Å². The summed E-state index contributed by atoms with van der Waals surface area (Å²) in [6.45, 7) is 13.1. The molecule has 0 aliphatic carbocycles. The van der Waals surface area contributed by atoms with Crippen LogP contribution >= 0.6 is 24.0 Å². The second-order valence-electron chi connectivity index (χ2n) is 5.30. The molecule has 1 aliphatic heterocycles. The molecule has 1 rings (SSSR count). The van der Waals surface area contributed by atoms with E-state index in [0.29, 0.717) is 9.92 Å². The monoisotopic (exact) mass is 276 g/mol. The van der Waals surface area contributed by atoms with Gasteiger partial charge in [0.2, 0.25) is 4.38 Å². The van der Waals surface area contributed by atoms with Crippen LogP contribution in [0, 0.1) is 0 Å². The van der Waals surface area contributed by atoms with Gasteiger partial charge in [-0.05, 0) is 39.2 Å². The first kappa shape index (κ1) is 15.2. The number of rotatable bonds is 3. The highest BCUT2D eigenvalue weighted by Crippen LogP contribution is 2.15. The molecule has 0 aromatic heterocycles. The Labute approximate surface area is 115 Å². The Bertz CT molecular complexity index is 245. The summed E-state index contributed by atoms with van der Waals surface area (Å²) in [5.74, 6) is 0. The SMILES string of the molecule is CSC(=S)OCCN1CCN(C(C)(C)C)CC1. The first-order valence-corrected chi connectivity index (χ1v) is 7.75. The summed E-state index contributed by atoms with van der Waals surface area (Å²) in [5.41, 5.74) is 0.295. The number of thiocarbonyl (C=S) groups is 1. The Morgan fingerprint density at radius 1 is 1.24 bits per heavy atom. The lowest BCUT2D eigenvalue weighted by molar-refractivity contribution is 0.0562. The largest absolute Gasteiger partial charge is 0.477 e. The normalized spacial score (nSPS) is 19.3. The lowest BCUT2D eigenvalue weighted by Crippen LogP contribution is -2.53. The van der Waals surface area contributed by atoms with Gasteiger partial charge in [-0.3, -0.25) is 9.80 Å². The minimum Gasteiger partial charge on any atom is -0.477 e. The number of piperazine rings is 1. The van der Waals surface area contributed by atoms with E-state index in [1.165, 1.54) is 11.8 Å². The Morgan fingerprint density at radius 2 is 1.82 bits per heavy atom. The fourth-order valence-electron chi connectivity index (χ4n) is 1.96. The van der Waals surface area contributed by atoms with Crippen molar-refractivity contribution in [3.05, 3.63) is 0 Å². The molecule has 0 aromatic carbocycles. The maximum atomic E-state index is 5.43. The molecule has 0 atom stereocenters. The molecule has 3 nitrogen and oxygen atoms in total. The topological polar surface area (TPSA) is 15.7 Å². The maximum absolute atomic E-state index is 5.43. The second kappa shape index (κ2) is 6.92. The predicted octanol–water partition coefficient (Wildman–Crippen LogP) is 2.07. The van der Waals surface area contributed by atoms with E-state index in [1.54, 1.807) is 0 Å². The van der Waals surface area contributed by atoms with Crippen LogP contribution in [-0.2, 0) is 4.74 Å². The molecule has 1 heterocycles. The molecule has 5 heteroatoms. The fourth-order valence-corrected chi connectivity index (χ4v) is 2.24. The van der Waals surface area contributed by atoms with Gasteiger partial charge in [0.15, 0.2) is 0 Å². The van der Waals surface area contributed by atoms with Gasteiger partial charge in [0.05, 0.1) is 0 Å². The van der Waals surface area contributed by atoms with Gasteiger partial charge >= 0.3 is 0 Å². The Hall–Kier alpha value is 0.160. The zero-order valence-corrected chi connectivity index (χ0v) is 13.0. The van der Waals surface area contributed by atoms with E-state index in [2.05, 4.69) is 30.6 Å². The van der Waals surface area contributed by atoms with Crippen molar-refractivity contribution in [2.75, 3.05) is 45.6 Å². The van der Waals surface area contributed by atoms with E-state index < -0.39 is 0 Å². The molecule has 1 fully saturated rings. The average Bonchev–Trinajstić information content (AvgIpc) is 2.28. The van der Waals surface area contributed by atoms with Gasteiger partial charge in [-0.15, -0.1) is 0 Å². The summed E-state index contributed by atoms with van der Waals surface area (Å²) in [4.78, 5) is 4.99. The third-order valence-corrected chi connectivity index (χ3v) is 4.18. The predicted molar refractivity (Wildman–Crippen MR) is 79.8 cm³/mol. The van der Waals surface area contributed by atoms with E-state index in [-0.39, 0.29) is 0 Å². The minimum absolute atomic E-state index is 0.295. The Kier molecular flexibility index (Phi) is 6.20. The third kappa shape index (κ3) is 5.55. The quantitative estimate of drug-likeness (QED) is 0.731. The highest BCUT2D eigenvalue weighted by molar-refractivity contribution is 8.22. The van der Waals surface area contributed by atoms with Crippen LogP contribution in [-0.4, -0.2) is 65.3 Å². The summed E-state index contributed by atoms with van der Waals surface area (Å²) in [5, 5.41) is 0. The van der Waals surface area contributed by atoms with Crippen molar-refractivity contribution in [1.29, 1.82) is 0 Å². The van der Waals surface area contributed by atoms with Gasteiger partial charge in [-0.1, -0.05) is 11.8 Å². The fraction of sp³-hybridized carbons (Fsp3) is 0.917. The van der Waals surface area contributed by atoms with Crippen LogP contribution in [0.3, 0.4) is 0 Å². The van der Waals surface area contributed by atoms with Crippen molar-refractivity contribution in [3.8, 4) is 0 Å². The van der Waals surface area contributed by atoms with Gasteiger partial charge in [0.1, 0.15) is 6.61 Å². The van der Waals surface area contributed by atoms with Crippen LogP contribution in [0.25, 0.3) is 0 Å². The molecule has 0 N–H and O–H groups in total. The maximum Gasteiger partial charge on any atom is 0.219 e. The molecule has 0 spiro atoms. The molecule has 1 aliphatic rings. The van der Waals surface area contributed by atoms with Crippen molar-refractivity contribution < 1.29 is 4.74 Å². The van der Waals surface area contributed by atoms with E-state index in [9.17, 15) is 0 Å². The highest BCUT2D eigenvalue weighted by Gasteiger charge is 2.25. The molecule has 0 unspecified atom stereocenters. The van der Waals surface area contributed by atoms with Gasteiger partial charge in [0, 0.05) is 38.3 Å². The van der Waals surface area contributed by atoms with Crippen molar-refractivity contribution >= 4 is 28.4 Å². The molecule has 100 valence electrons. The van der Waals surface area contributed by atoms with E-state index in [0.717, 1.165) is 39.3 Å². The summed E-state index contributed by atoms with van der Waals surface area (Å²) in [6, 6.07) is 0. The van der Waals surface area contributed by atoms with Crippen LogP contribution in [0.1, 0.15) is 20.8 Å². The first-order chi connectivity index (χ1) is 7.93. The zero-order valence-electron chi connectivity index (χ0n) is 11.4. The molecule has 0 radical (unpaired) electrons. The lowest BCUT2D eigenvalue weighted by atomic mass is 10.1. The van der Waals surface area contributed by atoms with Crippen molar-refractivity contribution in [1.82, 2.24) is 9.80 Å². The summed E-state index contributed by atoms with van der Waals surface area (Å²) >= 11 is 6.50. The van der Waals surface area contributed by atoms with Crippen molar-refractivity contribution in [2.24, 2.45) is 0 Å². The van der Waals surface area contributed by atoms with Crippen LogP contribution in [0.2, 0.25) is 0 Å². The molecule has 1 saturated heterocycles. The van der Waals surface area contributed by atoms with Crippen molar-refractivity contribution in [2.45, 2.75) is 26.3 Å². The third-order valence-electron chi connectivity index (χ3n) is 3.12. The minimum atomic E-state index is 0.295. The van der Waals surface area contributed by atoms with Gasteiger partial charge in [-0.2, -0.15) is 0 Å². The zero-order chi connectivity index (χ0) is 12.9. The number of ether oxygens (including phenoxy) is 1. The van der Waals surface area contributed by atoms with Gasteiger partial charge < -0.3 is 4.74 Å². The molecule has 0 aromatic rings.